The van der Waals surface area contributed by atoms with E-state index in [1.807, 2.05) is 6.92 Å². The monoisotopic (exact) mass is 246 g/mol. The van der Waals surface area contributed by atoms with Gasteiger partial charge in [0.1, 0.15) is 11.6 Å². The first-order valence-corrected chi connectivity index (χ1v) is 5.66. The minimum Gasteiger partial charge on any atom is -0.393 e. The van der Waals surface area contributed by atoms with Gasteiger partial charge in [-0.1, -0.05) is 6.92 Å². The van der Waals surface area contributed by atoms with E-state index >= 15 is 0 Å². The molecule has 2 nitrogen and oxygen atoms in total. The van der Waals surface area contributed by atoms with Gasteiger partial charge in [-0.3, -0.25) is 0 Å². The Hall–Kier alpha value is -1.00. The van der Waals surface area contributed by atoms with E-state index in [0.717, 1.165) is 12.5 Å². The van der Waals surface area contributed by atoms with Crippen LogP contribution in [0.4, 0.5) is 8.78 Å². The molecule has 4 heteroatoms. The lowest BCUT2D eigenvalue weighted by atomic mass is 10.1. The van der Waals surface area contributed by atoms with E-state index in [-0.39, 0.29) is 12.5 Å². The van der Waals surface area contributed by atoms with Crippen molar-refractivity contribution in [2.75, 3.05) is 0 Å². The van der Waals surface area contributed by atoms with Crippen molar-refractivity contribution in [2.45, 2.75) is 45.8 Å². The van der Waals surface area contributed by atoms with Gasteiger partial charge in [0.15, 0.2) is 0 Å². The van der Waals surface area contributed by atoms with Gasteiger partial charge in [0.05, 0.1) is 12.2 Å². The van der Waals surface area contributed by atoms with E-state index in [9.17, 15) is 8.78 Å². The summed E-state index contributed by atoms with van der Waals surface area (Å²) in [6.45, 7) is 5.30. The molecule has 0 heterocycles. The molecule has 0 radical (unpaired) electrons. The minimum absolute atomic E-state index is 0.116. The molecule has 1 aromatic carbocycles. The Labute approximate surface area is 101 Å². The molecular weight excluding hydrogens is 226 g/mol. The quantitative estimate of drug-likeness (QED) is 0.860. The van der Waals surface area contributed by atoms with Crippen molar-refractivity contribution in [3.63, 3.8) is 0 Å². The zero-order chi connectivity index (χ0) is 13.4. The Morgan fingerprint density at radius 2 is 1.41 bits per heavy atom. The topological polar surface area (TPSA) is 40.5 Å². The summed E-state index contributed by atoms with van der Waals surface area (Å²) in [4.78, 5) is 0. The van der Waals surface area contributed by atoms with Crippen LogP contribution in [0.5, 0.6) is 0 Å². The van der Waals surface area contributed by atoms with Gasteiger partial charge in [-0.25, -0.2) is 8.78 Å². The van der Waals surface area contributed by atoms with Crippen LogP contribution < -0.4 is 0 Å². The van der Waals surface area contributed by atoms with Crippen molar-refractivity contribution in [1.29, 1.82) is 0 Å². The fraction of sp³-hybridized carbons (Fsp3) is 0.538. The van der Waals surface area contributed by atoms with E-state index in [2.05, 4.69) is 0 Å². The maximum Gasteiger partial charge on any atom is 0.126 e. The largest absolute Gasteiger partial charge is 0.393 e. The smallest absolute Gasteiger partial charge is 0.126 e. The van der Waals surface area contributed by atoms with Gasteiger partial charge in [-0.2, -0.15) is 0 Å². The molecule has 98 valence electrons. The first-order chi connectivity index (χ1) is 7.85. The normalized spacial score (nSPS) is 13.6. The summed E-state index contributed by atoms with van der Waals surface area (Å²) in [5.41, 5.74) is 0.475. The van der Waals surface area contributed by atoms with Crippen LogP contribution in [0, 0.1) is 11.6 Å². The van der Waals surface area contributed by atoms with Crippen LogP contribution in [-0.2, 0) is 6.42 Å². The van der Waals surface area contributed by atoms with Gasteiger partial charge in [0.2, 0.25) is 0 Å². The number of rotatable bonds is 3. The molecule has 1 aromatic rings. The summed E-state index contributed by atoms with van der Waals surface area (Å²) >= 11 is 0. The highest BCUT2D eigenvalue weighted by atomic mass is 19.1. The van der Waals surface area contributed by atoms with Crippen LogP contribution >= 0.6 is 0 Å². The van der Waals surface area contributed by atoms with E-state index in [4.69, 9.17) is 10.2 Å². The average molecular weight is 246 g/mol. The predicted octanol–water partition coefficient (Wildman–Crippen LogP) is 2.67. The number of benzene rings is 1. The molecule has 17 heavy (non-hydrogen) atoms. The SMILES string of the molecule is CC[C@@H](C)O.C[C@@H](O)Cc1cc(F)cc(F)c1. The fourth-order valence-corrected chi connectivity index (χ4v) is 1.07. The maximum absolute atomic E-state index is 12.6. The summed E-state index contributed by atoms with van der Waals surface area (Å²) in [5, 5.41) is 17.3. The molecule has 2 atom stereocenters. The Morgan fingerprint density at radius 1 is 1.00 bits per heavy atom. The van der Waals surface area contributed by atoms with Crippen molar-refractivity contribution in [3.8, 4) is 0 Å². The summed E-state index contributed by atoms with van der Waals surface area (Å²) in [5.74, 6) is -1.21. The molecule has 0 saturated carbocycles. The molecule has 0 saturated heterocycles. The lowest BCUT2D eigenvalue weighted by Gasteiger charge is -2.03. The van der Waals surface area contributed by atoms with Gasteiger partial charge >= 0.3 is 0 Å². The molecule has 0 aliphatic rings. The third-order valence-electron chi connectivity index (χ3n) is 2.04. The maximum atomic E-state index is 12.6. The third-order valence-corrected chi connectivity index (χ3v) is 2.04. The second kappa shape index (κ2) is 8.14. The predicted molar refractivity (Wildman–Crippen MR) is 63.7 cm³/mol. The van der Waals surface area contributed by atoms with Gasteiger partial charge in [0.25, 0.3) is 0 Å². The third kappa shape index (κ3) is 8.77. The molecule has 0 amide bonds. The molecule has 0 aliphatic heterocycles. The Morgan fingerprint density at radius 3 is 1.71 bits per heavy atom. The number of halogens is 2. The summed E-state index contributed by atoms with van der Waals surface area (Å²) in [6, 6.07) is 3.25. The van der Waals surface area contributed by atoms with Gasteiger partial charge in [-0.15, -0.1) is 0 Å². The zero-order valence-electron chi connectivity index (χ0n) is 10.5. The summed E-state index contributed by atoms with van der Waals surface area (Å²) in [7, 11) is 0. The Bertz CT molecular complexity index is 305. The lowest BCUT2D eigenvalue weighted by Crippen LogP contribution is -2.04. The molecule has 0 spiro atoms. The number of hydrogen-bond donors (Lipinski definition) is 2. The second-order valence-corrected chi connectivity index (χ2v) is 4.09. The summed E-state index contributed by atoms with van der Waals surface area (Å²) < 4.78 is 25.1. The van der Waals surface area contributed by atoms with Crippen LogP contribution in [0.3, 0.4) is 0 Å². The van der Waals surface area contributed by atoms with Gasteiger partial charge < -0.3 is 10.2 Å². The van der Waals surface area contributed by atoms with Crippen molar-refractivity contribution in [1.82, 2.24) is 0 Å². The van der Waals surface area contributed by atoms with Crippen LogP contribution in [0.2, 0.25) is 0 Å². The molecule has 1 rings (SSSR count). The number of aliphatic hydroxyl groups is 2. The van der Waals surface area contributed by atoms with Crippen molar-refractivity contribution in [2.24, 2.45) is 0 Å². The molecular formula is C13H20F2O2. The van der Waals surface area contributed by atoms with Crippen LogP contribution in [0.15, 0.2) is 18.2 Å². The molecule has 2 N–H and O–H groups in total. The van der Waals surface area contributed by atoms with Gasteiger partial charge in [-0.05, 0) is 44.4 Å². The number of aliphatic hydroxyl groups excluding tert-OH is 2. The fourth-order valence-electron chi connectivity index (χ4n) is 1.07. The standard InChI is InChI=1S/C9H10F2O.C4H10O/c1-6(12)2-7-3-8(10)5-9(11)4-7;1-3-4(2)5/h3-6,12H,2H2,1H3;4-5H,3H2,1-2H3/t6-;4-/m11/s1. The molecule has 0 bridgehead atoms. The Kier molecular flexibility index (Phi) is 7.66. The van der Waals surface area contributed by atoms with E-state index in [0.29, 0.717) is 5.56 Å². The number of hydrogen-bond acceptors (Lipinski definition) is 2. The second-order valence-electron chi connectivity index (χ2n) is 4.09. The highest BCUT2D eigenvalue weighted by Gasteiger charge is 2.02. The summed E-state index contributed by atoms with van der Waals surface area (Å²) in [6.07, 6.45) is 0.440. The van der Waals surface area contributed by atoms with Crippen LogP contribution in [0.25, 0.3) is 0 Å². The zero-order valence-corrected chi connectivity index (χ0v) is 10.5. The van der Waals surface area contributed by atoms with Crippen LogP contribution in [0.1, 0.15) is 32.8 Å². The average Bonchev–Trinajstić information content (AvgIpc) is 2.15. The van der Waals surface area contributed by atoms with Gasteiger partial charge in [0, 0.05) is 6.07 Å². The lowest BCUT2D eigenvalue weighted by molar-refractivity contribution is 0.190. The molecule has 0 unspecified atom stereocenters. The van der Waals surface area contributed by atoms with Crippen molar-refractivity contribution < 1.29 is 19.0 Å². The van der Waals surface area contributed by atoms with E-state index in [1.165, 1.54) is 12.1 Å². The van der Waals surface area contributed by atoms with Crippen LogP contribution in [-0.4, -0.2) is 22.4 Å². The minimum atomic E-state index is -0.606. The van der Waals surface area contributed by atoms with Crippen molar-refractivity contribution >= 4 is 0 Å². The highest BCUT2D eigenvalue weighted by molar-refractivity contribution is 5.18. The molecule has 0 aliphatic carbocycles. The first-order valence-electron chi connectivity index (χ1n) is 5.66. The highest BCUT2D eigenvalue weighted by Crippen LogP contribution is 2.09. The molecule has 0 aromatic heterocycles. The van der Waals surface area contributed by atoms with E-state index in [1.54, 1.807) is 13.8 Å². The Balaban J connectivity index is 0.000000437. The first kappa shape index (κ1) is 16.0. The van der Waals surface area contributed by atoms with E-state index < -0.39 is 17.7 Å². The van der Waals surface area contributed by atoms with Crippen molar-refractivity contribution in [3.05, 3.63) is 35.4 Å². The molecule has 0 fully saturated rings.